The van der Waals surface area contributed by atoms with E-state index < -0.39 is 16.1 Å². The summed E-state index contributed by atoms with van der Waals surface area (Å²) < 4.78 is 25.5. The van der Waals surface area contributed by atoms with Crippen molar-refractivity contribution in [3.8, 4) is 11.8 Å². The first-order chi connectivity index (χ1) is 11.1. The third-order valence-corrected chi connectivity index (χ3v) is 4.85. The lowest BCUT2D eigenvalue weighted by molar-refractivity contribution is -0.117. The Kier molecular flexibility index (Phi) is 6.60. The molecule has 24 heavy (non-hydrogen) atoms. The maximum Gasteiger partial charge on any atom is 0.326 e. The molecule has 2 N–H and O–H groups in total. The molecule has 132 valence electrons. The SMILES string of the molecule is CCCC(C)(C)CC#N.O=C1CN(c2ccccc2O)S(=O)(=O)N1. The minimum atomic E-state index is -3.84. The number of carbonyl (C=O) groups excluding carboxylic acids is 1. The van der Waals surface area contributed by atoms with Crippen LogP contribution in [-0.2, 0) is 15.0 Å². The van der Waals surface area contributed by atoms with Crippen LogP contribution in [0.2, 0.25) is 0 Å². The minimum Gasteiger partial charge on any atom is -0.506 e. The molecule has 1 aliphatic rings. The fourth-order valence-electron chi connectivity index (χ4n) is 2.32. The third kappa shape index (κ3) is 5.42. The first-order valence-electron chi connectivity index (χ1n) is 7.61. The largest absolute Gasteiger partial charge is 0.506 e. The second-order valence-corrected chi connectivity index (χ2v) is 7.87. The number of nitrogens with zero attached hydrogens (tertiary/aromatic N) is 2. The Morgan fingerprint density at radius 2 is 2.00 bits per heavy atom. The van der Waals surface area contributed by atoms with Crippen molar-refractivity contribution in [2.45, 2.75) is 40.0 Å². The van der Waals surface area contributed by atoms with E-state index in [1.165, 1.54) is 18.6 Å². The predicted molar refractivity (Wildman–Crippen MR) is 91.4 cm³/mol. The second-order valence-electron chi connectivity index (χ2n) is 6.27. The number of anilines is 1. The van der Waals surface area contributed by atoms with E-state index in [-0.39, 0.29) is 23.4 Å². The zero-order valence-corrected chi connectivity index (χ0v) is 14.9. The fraction of sp³-hybridized carbons (Fsp3) is 0.500. The smallest absolute Gasteiger partial charge is 0.326 e. The number of amides is 1. The van der Waals surface area contributed by atoms with Crippen molar-refractivity contribution in [1.29, 1.82) is 5.26 Å². The van der Waals surface area contributed by atoms with Crippen LogP contribution >= 0.6 is 0 Å². The van der Waals surface area contributed by atoms with Gasteiger partial charge in [0.05, 0.1) is 11.8 Å². The first-order valence-corrected chi connectivity index (χ1v) is 9.05. The molecule has 0 aliphatic carbocycles. The van der Waals surface area contributed by atoms with Crippen molar-refractivity contribution < 1.29 is 18.3 Å². The standard InChI is InChI=1S/C8H8N2O4S.C8H15N/c11-7-4-2-1-3-6(7)10-5-8(12)9-15(10,13)14;1-4-5-8(2,3)6-7-9/h1-4,11H,5H2,(H,9,12);4-6H2,1-3H3. The van der Waals surface area contributed by atoms with Gasteiger partial charge < -0.3 is 5.11 Å². The van der Waals surface area contributed by atoms with Crippen LogP contribution in [0.4, 0.5) is 5.69 Å². The lowest BCUT2D eigenvalue weighted by Crippen LogP contribution is -2.29. The maximum atomic E-state index is 11.4. The summed E-state index contributed by atoms with van der Waals surface area (Å²) in [6.07, 6.45) is 3.01. The van der Waals surface area contributed by atoms with E-state index in [4.69, 9.17) is 5.26 Å². The van der Waals surface area contributed by atoms with Gasteiger partial charge in [0.1, 0.15) is 12.3 Å². The van der Waals surface area contributed by atoms with Crippen molar-refractivity contribution >= 4 is 21.8 Å². The minimum absolute atomic E-state index is 0.0934. The van der Waals surface area contributed by atoms with Gasteiger partial charge in [-0.05, 0) is 24.0 Å². The maximum absolute atomic E-state index is 11.4. The van der Waals surface area contributed by atoms with Crippen LogP contribution in [0.25, 0.3) is 0 Å². The first kappa shape index (κ1) is 19.8. The molecule has 0 aromatic heterocycles. The molecule has 1 heterocycles. The Balaban J connectivity index is 0.000000277. The average molecular weight is 353 g/mol. The summed E-state index contributed by atoms with van der Waals surface area (Å²) >= 11 is 0. The second kappa shape index (κ2) is 8.02. The van der Waals surface area contributed by atoms with Gasteiger partial charge in [-0.25, -0.2) is 9.03 Å². The van der Waals surface area contributed by atoms with E-state index in [9.17, 15) is 18.3 Å². The van der Waals surface area contributed by atoms with Gasteiger partial charge in [0.25, 0.3) is 5.91 Å². The monoisotopic (exact) mass is 353 g/mol. The number of phenols is 1. The molecule has 7 nitrogen and oxygen atoms in total. The Bertz CT molecular complexity index is 723. The highest BCUT2D eigenvalue weighted by Crippen LogP contribution is 2.29. The molecule has 2 rings (SSSR count). The van der Waals surface area contributed by atoms with Gasteiger partial charge >= 0.3 is 10.2 Å². The van der Waals surface area contributed by atoms with Crippen LogP contribution in [0, 0.1) is 16.7 Å². The molecule has 1 fully saturated rings. The molecule has 1 saturated heterocycles. The summed E-state index contributed by atoms with van der Waals surface area (Å²) in [4.78, 5) is 10.9. The number of hydrogen-bond acceptors (Lipinski definition) is 5. The molecule has 0 spiro atoms. The van der Waals surface area contributed by atoms with Gasteiger partial charge in [0, 0.05) is 6.42 Å². The lowest BCUT2D eigenvalue weighted by Gasteiger charge is -2.18. The normalized spacial score (nSPS) is 15.9. The van der Waals surface area contributed by atoms with Crippen molar-refractivity contribution in [3.63, 3.8) is 0 Å². The molecule has 0 atom stereocenters. The molecular weight excluding hydrogens is 330 g/mol. The van der Waals surface area contributed by atoms with Crippen LogP contribution in [0.1, 0.15) is 40.0 Å². The van der Waals surface area contributed by atoms with Crippen LogP contribution in [0.5, 0.6) is 5.75 Å². The highest BCUT2D eigenvalue weighted by Gasteiger charge is 2.35. The summed E-state index contributed by atoms with van der Waals surface area (Å²) in [5.74, 6) is -0.796. The number of para-hydroxylation sites is 2. The topological polar surface area (TPSA) is 110 Å². The number of rotatable bonds is 4. The number of aromatic hydroxyl groups is 1. The zero-order valence-electron chi connectivity index (χ0n) is 14.1. The van der Waals surface area contributed by atoms with E-state index in [1.807, 2.05) is 4.72 Å². The Hall–Kier alpha value is -2.27. The van der Waals surface area contributed by atoms with Crippen LogP contribution in [0.3, 0.4) is 0 Å². The molecule has 8 heteroatoms. The van der Waals surface area contributed by atoms with Crippen LogP contribution in [0.15, 0.2) is 24.3 Å². The summed E-state index contributed by atoms with van der Waals surface area (Å²) in [6, 6.07) is 8.11. The number of carbonyl (C=O) groups is 1. The number of benzene rings is 1. The summed E-state index contributed by atoms with van der Waals surface area (Å²) in [7, 11) is -3.84. The average Bonchev–Trinajstić information content (AvgIpc) is 2.72. The van der Waals surface area contributed by atoms with E-state index in [0.717, 1.165) is 10.7 Å². The number of phenolic OH excluding ortho intramolecular Hbond substituents is 1. The Morgan fingerprint density at radius 3 is 2.46 bits per heavy atom. The van der Waals surface area contributed by atoms with Crippen LogP contribution in [-0.4, -0.2) is 26.0 Å². The van der Waals surface area contributed by atoms with Crippen molar-refractivity contribution in [1.82, 2.24) is 4.72 Å². The van der Waals surface area contributed by atoms with E-state index in [2.05, 4.69) is 26.8 Å². The van der Waals surface area contributed by atoms with E-state index in [0.29, 0.717) is 6.42 Å². The molecule has 0 unspecified atom stereocenters. The van der Waals surface area contributed by atoms with Crippen molar-refractivity contribution in [2.24, 2.45) is 5.41 Å². The summed E-state index contributed by atoms with van der Waals surface area (Å²) in [6.45, 7) is 6.12. The third-order valence-electron chi connectivity index (χ3n) is 3.45. The van der Waals surface area contributed by atoms with Crippen molar-refractivity contribution in [3.05, 3.63) is 24.3 Å². The molecule has 0 bridgehead atoms. The predicted octanol–water partition coefficient (Wildman–Crippen LogP) is 2.30. The number of nitrogens with one attached hydrogen (secondary N) is 1. The van der Waals surface area contributed by atoms with E-state index >= 15 is 0 Å². The fourth-order valence-corrected chi connectivity index (χ4v) is 3.48. The highest BCUT2D eigenvalue weighted by molar-refractivity contribution is 7.92. The zero-order chi connectivity index (χ0) is 18.4. The van der Waals surface area contributed by atoms with Gasteiger partial charge in [0.15, 0.2) is 0 Å². The van der Waals surface area contributed by atoms with E-state index in [1.54, 1.807) is 12.1 Å². The Morgan fingerprint density at radius 1 is 1.38 bits per heavy atom. The van der Waals surface area contributed by atoms with Gasteiger partial charge in [-0.15, -0.1) is 0 Å². The summed E-state index contributed by atoms with van der Waals surface area (Å²) in [5, 5.41) is 17.8. The number of hydrogen-bond donors (Lipinski definition) is 2. The van der Waals surface area contributed by atoms with Gasteiger partial charge in [0.2, 0.25) is 0 Å². The van der Waals surface area contributed by atoms with Gasteiger partial charge in [-0.1, -0.05) is 39.3 Å². The summed E-state index contributed by atoms with van der Waals surface area (Å²) in [5.41, 5.74) is 0.333. The molecule has 1 aromatic rings. The molecule has 0 saturated carbocycles. The van der Waals surface area contributed by atoms with Gasteiger partial charge in [-0.3, -0.25) is 4.79 Å². The molecular formula is C16H23N3O4S. The highest BCUT2D eigenvalue weighted by atomic mass is 32.2. The van der Waals surface area contributed by atoms with Crippen molar-refractivity contribution in [2.75, 3.05) is 10.8 Å². The van der Waals surface area contributed by atoms with Gasteiger partial charge in [-0.2, -0.15) is 13.7 Å². The Labute approximate surface area is 143 Å². The van der Waals surface area contributed by atoms with Crippen LogP contribution < -0.4 is 9.03 Å². The molecule has 1 aliphatic heterocycles. The molecule has 1 amide bonds. The quantitative estimate of drug-likeness (QED) is 0.863. The number of nitriles is 1. The lowest BCUT2D eigenvalue weighted by atomic mass is 9.85. The molecule has 0 radical (unpaired) electrons. The molecule has 1 aromatic carbocycles.